The number of nitrogens with zero attached hydrogens (tertiary/aromatic N) is 1. The Hall–Kier alpha value is -2.59. The van der Waals surface area contributed by atoms with Crippen LogP contribution in [0.5, 0.6) is 5.75 Å². The Bertz CT molecular complexity index is 1030. The van der Waals surface area contributed by atoms with Gasteiger partial charge in [0.1, 0.15) is 5.75 Å². The summed E-state index contributed by atoms with van der Waals surface area (Å²) in [5.41, 5.74) is -0.141. The monoisotopic (exact) mass is 456 g/mol. The van der Waals surface area contributed by atoms with Crippen molar-refractivity contribution in [3.05, 3.63) is 59.7 Å². The Morgan fingerprint density at radius 1 is 1.13 bits per heavy atom. The zero-order valence-corrected chi connectivity index (χ0v) is 17.7. The number of halogens is 3. The Balaban J connectivity index is 1.59. The molecule has 1 heterocycles. The lowest BCUT2D eigenvalue weighted by Crippen LogP contribution is -2.42. The maximum absolute atomic E-state index is 12.9. The smallest absolute Gasteiger partial charge is 0.416 e. The standard InChI is InChI=1S/C21H23F3N2O4S/c1-30-18-6-2-4-15(12-18)14-25-20(27)16-8-10-26(11-9-16)31(28,29)19-7-3-5-17(13-19)21(22,23)24/h2-7,12-13,16H,8-11,14H2,1H3,(H,25,27). The number of carbonyl (C=O) groups excluding carboxylic acids is 1. The molecule has 1 saturated heterocycles. The summed E-state index contributed by atoms with van der Waals surface area (Å²) < 4.78 is 70.5. The van der Waals surface area contributed by atoms with Crippen molar-refractivity contribution >= 4 is 15.9 Å². The second kappa shape index (κ2) is 9.27. The van der Waals surface area contributed by atoms with Crippen LogP contribution in [-0.4, -0.2) is 38.8 Å². The molecule has 0 spiro atoms. The third-order valence-electron chi connectivity index (χ3n) is 5.22. The zero-order chi connectivity index (χ0) is 22.6. The van der Waals surface area contributed by atoms with E-state index in [-0.39, 0.29) is 24.9 Å². The van der Waals surface area contributed by atoms with Crippen LogP contribution in [0.15, 0.2) is 53.4 Å². The topological polar surface area (TPSA) is 75.7 Å². The molecule has 0 aliphatic carbocycles. The highest BCUT2D eigenvalue weighted by atomic mass is 32.2. The second-order valence-electron chi connectivity index (χ2n) is 7.27. The highest BCUT2D eigenvalue weighted by Crippen LogP contribution is 2.32. The molecule has 0 bridgehead atoms. The SMILES string of the molecule is COc1cccc(CNC(=O)C2CCN(S(=O)(=O)c3cccc(C(F)(F)F)c3)CC2)c1. The van der Waals surface area contributed by atoms with Gasteiger partial charge in [-0.25, -0.2) is 8.42 Å². The van der Waals surface area contributed by atoms with Crippen molar-refractivity contribution in [1.29, 1.82) is 0 Å². The molecular formula is C21H23F3N2O4S. The lowest BCUT2D eigenvalue weighted by atomic mass is 9.97. The van der Waals surface area contributed by atoms with Gasteiger partial charge in [0.15, 0.2) is 0 Å². The van der Waals surface area contributed by atoms with Crippen molar-refractivity contribution in [2.75, 3.05) is 20.2 Å². The van der Waals surface area contributed by atoms with E-state index < -0.39 is 26.7 Å². The minimum atomic E-state index is -4.63. The van der Waals surface area contributed by atoms with Gasteiger partial charge >= 0.3 is 6.18 Å². The van der Waals surface area contributed by atoms with E-state index in [1.165, 1.54) is 0 Å². The molecule has 1 aliphatic rings. The maximum Gasteiger partial charge on any atom is 0.416 e. The van der Waals surface area contributed by atoms with Crippen LogP contribution < -0.4 is 10.1 Å². The van der Waals surface area contributed by atoms with E-state index >= 15 is 0 Å². The Morgan fingerprint density at radius 3 is 2.45 bits per heavy atom. The molecule has 0 saturated carbocycles. The van der Waals surface area contributed by atoms with Crippen LogP contribution in [-0.2, 0) is 27.5 Å². The summed E-state index contributed by atoms with van der Waals surface area (Å²) in [6, 6.07) is 11.0. The van der Waals surface area contributed by atoms with Crippen molar-refractivity contribution in [3.8, 4) is 5.75 Å². The van der Waals surface area contributed by atoms with Crippen molar-refractivity contribution < 1.29 is 31.1 Å². The van der Waals surface area contributed by atoms with E-state index in [0.717, 1.165) is 28.1 Å². The summed E-state index contributed by atoms with van der Waals surface area (Å²) in [6.07, 6.45) is -4.04. The van der Waals surface area contributed by atoms with Crippen molar-refractivity contribution in [2.45, 2.75) is 30.5 Å². The molecule has 6 nitrogen and oxygen atoms in total. The highest BCUT2D eigenvalue weighted by molar-refractivity contribution is 7.89. The summed E-state index contributed by atoms with van der Waals surface area (Å²) in [4.78, 5) is 12.1. The first kappa shape index (κ1) is 23.1. The Labute approximate surface area is 179 Å². The van der Waals surface area contributed by atoms with E-state index in [2.05, 4.69) is 5.32 Å². The fourth-order valence-electron chi connectivity index (χ4n) is 3.46. The normalized spacial score (nSPS) is 16.1. The van der Waals surface area contributed by atoms with E-state index in [1.807, 2.05) is 18.2 Å². The van der Waals surface area contributed by atoms with Crippen LogP contribution in [0, 0.1) is 5.92 Å². The molecule has 3 rings (SSSR count). The molecule has 2 aromatic carbocycles. The lowest BCUT2D eigenvalue weighted by Gasteiger charge is -2.30. The first-order valence-electron chi connectivity index (χ1n) is 9.69. The molecule has 10 heteroatoms. The zero-order valence-electron chi connectivity index (χ0n) is 16.9. The molecule has 0 atom stereocenters. The van der Waals surface area contributed by atoms with Gasteiger partial charge in [-0.15, -0.1) is 0 Å². The van der Waals surface area contributed by atoms with Crippen molar-refractivity contribution in [1.82, 2.24) is 9.62 Å². The van der Waals surface area contributed by atoms with Gasteiger partial charge in [-0.1, -0.05) is 18.2 Å². The minimum absolute atomic E-state index is 0.0653. The van der Waals surface area contributed by atoms with Gasteiger partial charge in [0, 0.05) is 25.6 Å². The number of sulfonamides is 1. The van der Waals surface area contributed by atoms with Crippen LogP contribution in [0.3, 0.4) is 0 Å². The van der Waals surface area contributed by atoms with E-state index in [1.54, 1.807) is 13.2 Å². The van der Waals surface area contributed by atoms with Crippen LogP contribution in [0.25, 0.3) is 0 Å². The molecular weight excluding hydrogens is 433 g/mol. The summed E-state index contributed by atoms with van der Waals surface area (Å²) in [7, 11) is -2.51. The number of methoxy groups -OCH3 is 1. The van der Waals surface area contributed by atoms with Crippen LogP contribution >= 0.6 is 0 Å². The summed E-state index contributed by atoms with van der Waals surface area (Å²) in [5.74, 6) is 0.136. The van der Waals surface area contributed by atoms with E-state index in [9.17, 15) is 26.4 Å². The molecule has 31 heavy (non-hydrogen) atoms. The van der Waals surface area contributed by atoms with E-state index in [0.29, 0.717) is 31.2 Å². The van der Waals surface area contributed by atoms with Crippen LogP contribution in [0.2, 0.25) is 0 Å². The van der Waals surface area contributed by atoms with Crippen LogP contribution in [0.4, 0.5) is 13.2 Å². The highest BCUT2D eigenvalue weighted by Gasteiger charge is 2.35. The third-order valence-corrected chi connectivity index (χ3v) is 7.12. The molecule has 1 aliphatic heterocycles. The average molecular weight is 456 g/mol. The fraction of sp³-hybridized carbons (Fsp3) is 0.381. The van der Waals surface area contributed by atoms with Gasteiger partial charge in [-0.2, -0.15) is 17.5 Å². The van der Waals surface area contributed by atoms with E-state index in [4.69, 9.17) is 4.74 Å². The third kappa shape index (κ3) is 5.56. The maximum atomic E-state index is 12.9. The number of carbonyl (C=O) groups is 1. The van der Waals surface area contributed by atoms with Gasteiger partial charge in [0.2, 0.25) is 15.9 Å². The molecule has 168 valence electrons. The van der Waals surface area contributed by atoms with Gasteiger partial charge < -0.3 is 10.1 Å². The fourth-order valence-corrected chi connectivity index (χ4v) is 4.97. The summed E-state index contributed by atoms with van der Waals surface area (Å²) in [5, 5.41) is 2.84. The largest absolute Gasteiger partial charge is 0.497 e. The number of benzene rings is 2. The molecule has 0 radical (unpaired) electrons. The summed E-state index contributed by atoms with van der Waals surface area (Å²) in [6.45, 7) is 0.449. The second-order valence-corrected chi connectivity index (χ2v) is 9.21. The van der Waals surface area contributed by atoms with Crippen molar-refractivity contribution in [2.24, 2.45) is 5.92 Å². The lowest BCUT2D eigenvalue weighted by molar-refractivity contribution is -0.137. The predicted molar refractivity (Wildman–Crippen MR) is 108 cm³/mol. The van der Waals surface area contributed by atoms with Gasteiger partial charge in [-0.3, -0.25) is 4.79 Å². The number of nitrogens with one attached hydrogen (secondary N) is 1. The Morgan fingerprint density at radius 2 is 1.81 bits per heavy atom. The molecule has 1 fully saturated rings. The molecule has 1 amide bonds. The first-order chi connectivity index (χ1) is 14.6. The number of rotatable bonds is 6. The number of hydrogen-bond acceptors (Lipinski definition) is 4. The Kier molecular flexibility index (Phi) is 6.90. The summed E-state index contributed by atoms with van der Waals surface area (Å²) >= 11 is 0. The predicted octanol–water partition coefficient (Wildman–Crippen LogP) is 3.43. The number of ether oxygens (including phenoxy) is 1. The molecule has 0 unspecified atom stereocenters. The molecule has 1 N–H and O–H groups in total. The van der Waals surface area contributed by atoms with Gasteiger partial charge in [0.05, 0.1) is 17.6 Å². The average Bonchev–Trinajstić information content (AvgIpc) is 2.77. The quantitative estimate of drug-likeness (QED) is 0.723. The van der Waals surface area contributed by atoms with Crippen LogP contribution in [0.1, 0.15) is 24.0 Å². The number of amides is 1. The van der Waals surface area contributed by atoms with Gasteiger partial charge in [-0.05, 0) is 48.7 Å². The number of hydrogen-bond donors (Lipinski definition) is 1. The number of alkyl halides is 3. The first-order valence-corrected chi connectivity index (χ1v) is 11.1. The molecule has 2 aromatic rings. The molecule has 0 aromatic heterocycles. The van der Waals surface area contributed by atoms with Gasteiger partial charge in [0.25, 0.3) is 0 Å². The minimum Gasteiger partial charge on any atom is -0.497 e. The number of piperidine rings is 1. The van der Waals surface area contributed by atoms with Crippen molar-refractivity contribution in [3.63, 3.8) is 0 Å².